The number of amides is 2. The summed E-state index contributed by atoms with van der Waals surface area (Å²) in [7, 11) is 0. The van der Waals surface area contributed by atoms with E-state index in [0.29, 0.717) is 26.2 Å². The van der Waals surface area contributed by atoms with Crippen molar-refractivity contribution in [1.82, 2.24) is 19.6 Å². The fourth-order valence-corrected chi connectivity index (χ4v) is 3.44. The summed E-state index contributed by atoms with van der Waals surface area (Å²) in [6, 6.07) is -0.386. The highest BCUT2D eigenvalue weighted by Gasteiger charge is 2.23. The Bertz CT molecular complexity index is 524. The van der Waals surface area contributed by atoms with Gasteiger partial charge in [0.1, 0.15) is 0 Å². The molecule has 1 fully saturated rings. The van der Waals surface area contributed by atoms with Crippen LogP contribution in [0.25, 0.3) is 0 Å². The van der Waals surface area contributed by atoms with Crippen LogP contribution < -0.4 is 5.73 Å². The fourth-order valence-electron chi connectivity index (χ4n) is 3.44. The van der Waals surface area contributed by atoms with Crippen molar-refractivity contribution in [1.29, 1.82) is 0 Å². The second-order valence-corrected chi connectivity index (χ2v) is 6.32. The largest absolute Gasteiger partial charge is 0.390 e. The van der Waals surface area contributed by atoms with E-state index < -0.39 is 6.10 Å². The number of urea groups is 1. The third kappa shape index (κ3) is 3.41. The van der Waals surface area contributed by atoms with Crippen LogP contribution in [0, 0.1) is 0 Å². The lowest BCUT2D eigenvalue weighted by molar-refractivity contribution is 0.0846. The van der Waals surface area contributed by atoms with Gasteiger partial charge in [0.05, 0.1) is 25.4 Å². The number of aromatic nitrogens is 2. The number of aliphatic hydroxyl groups excluding tert-OH is 1. The number of hydrogen-bond donors (Lipinski definition) is 2. The Morgan fingerprint density at radius 1 is 1.27 bits per heavy atom. The number of rotatable bonds is 4. The van der Waals surface area contributed by atoms with Gasteiger partial charge in [0.25, 0.3) is 0 Å². The summed E-state index contributed by atoms with van der Waals surface area (Å²) in [5, 5.41) is 14.7. The van der Waals surface area contributed by atoms with Gasteiger partial charge in [-0.3, -0.25) is 4.68 Å². The lowest BCUT2D eigenvalue weighted by Crippen LogP contribution is -2.40. The number of piperidine rings is 1. The molecule has 2 amide bonds. The molecule has 0 spiro atoms. The first-order valence-electron chi connectivity index (χ1n) is 8.12. The third-order valence-corrected chi connectivity index (χ3v) is 4.63. The van der Waals surface area contributed by atoms with Crippen molar-refractivity contribution in [2.45, 2.75) is 44.9 Å². The van der Waals surface area contributed by atoms with E-state index in [1.165, 1.54) is 19.3 Å². The second-order valence-electron chi connectivity index (χ2n) is 6.32. The zero-order valence-corrected chi connectivity index (χ0v) is 12.9. The number of β-amino-alcohol motifs (C(OH)–C–C–N with tert-alkyl or cyclic N) is 1. The molecule has 0 aromatic carbocycles. The number of hydrogen-bond acceptors (Lipinski definition) is 4. The van der Waals surface area contributed by atoms with Gasteiger partial charge in [-0.1, -0.05) is 6.42 Å². The zero-order valence-electron chi connectivity index (χ0n) is 12.9. The van der Waals surface area contributed by atoms with E-state index in [9.17, 15) is 9.90 Å². The molecular weight excluding hydrogens is 282 g/mol. The molecule has 0 bridgehead atoms. The van der Waals surface area contributed by atoms with E-state index in [2.05, 4.69) is 10.00 Å². The van der Waals surface area contributed by atoms with Gasteiger partial charge in [-0.2, -0.15) is 5.10 Å². The first kappa shape index (κ1) is 15.3. The number of likely N-dealkylation sites (tertiary alicyclic amines) is 1. The number of carbonyl (C=O) groups excluding carboxylic acids is 1. The summed E-state index contributed by atoms with van der Waals surface area (Å²) in [4.78, 5) is 15.2. The minimum atomic E-state index is -0.406. The minimum Gasteiger partial charge on any atom is -0.390 e. The Morgan fingerprint density at radius 2 is 2.05 bits per heavy atom. The van der Waals surface area contributed by atoms with Crippen LogP contribution >= 0.6 is 0 Å². The van der Waals surface area contributed by atoms with Crippen molar-refractivity contribution in [3.05, 3.63) is 17.5 Å². The summed E-state index contributed by atoms with van der Waals surface area (Å²) >= 11 is 0. The summed E-state index contributed by atoms with van der Waals surface area (Å²) in [6.07, 6.45) is 5.89. The van der Waals surface area contributed by atoms with Crippen molar-refractivity contribution in [2.75, 3.05) is 26.2 Å². The van der Waals surface area contributed by atoms with Gasteiger partial charge in [0, 0.05) is 30.8 Å². The lowest BCUT2D eigenvalue weighted by Gasteiger charge is -2.29. The van der Waals surface area contributed by atoms with Crippen molar-refractivity contribution in [2.24, 2.45) is 5.73 Å². The normalized spacial score (nSPS) is 20.7. The summed E-state index contributed by atoms with van der Waals surface area (Å²) in [5.41, 5.74) is 7.49. The van der Waals surface area contributed by atoms with Crippen LogP contribution in [-0.4, -0.2) is 63.0 Å². The number of nitrogens with two attached hydrogens (primary N) is 1. The standard InChI is InChI=1S/C15H25N5O2/c16-15(22)19-7-4-14-12(9-19)8-17-20(14)11-13(21)10-18-5-2-1-3-6-18/h8,13,21H,1-7,9-11H2,(H2,16,22)/t13-/m1/s1. The van der Waals surface area contributed by atoms with E-state index in [1.807, 2.05) is 4.68 Å². The summed E-state index contributed by atoms with van der Waals surface area (Å²) in [5.74, 6) is 0. The van der Waals surface area contributed by atoms with Gasteiger partial charge in [-0.25, -0.2) is 4.79 Å². The first-order chi connectivity index (χ1) is 10.6. The molecule has 1 saturated heterocycles. The molecule has 0 unspecified atom stereocenters. The number of carbonyl (C=O) groups is 1. The average Bonchev–Trinajstić information content (AvgIpc) is 2.90. The molecule has 0 radical (unpaired) electrons. The van der Waals surface area contributed by atoms with Crippen LogP contribution in [0.5, 0.6) is 0 Å². The van der Waals surface area contributed by atoms with Crippen LogP contribution in [0.4, 0.5) is 4.79 Å². The highest BCUT2D eigenvalue weighted by molar-refractivity contribution is 5.72. The van der Waals surface area contributed by atoms with Gasteiger partial charge in [0.2, 0.25) is 0 Å². The molecule has 3 rings (SSSR count). The van der Waals surface area contributed by atoms with Crippen LogP contribution in [0.2, 0.25) is 0 Å². The molecule has 1 atom stereocenters. The molecule has 3 N–H and O–H groups in total. The maximum absolute atomic E-state index is 11.2. The average molecular weight is 307 g/mol. The van der Waals surface area contributed by atoms with Crippen molar-refractivity contribution in [3.8, 4) is 0 Å². The lowest BCUT2D eigenvalue weighted by atomic mass is 10.1. The summed E-state index contributed by atoms with van der Waals surface area (Å²) < 4.78 is 1.89. The van der Waals surface area contributed by atoms with Gasteiger partial charge in [0.15, 0.2) is 0 Å². The Morgan fingerprint density at radius 3 is 2.77 bits per heavy atom. The maximum atomic E-state index is 11.2. The second kappa shape index (κ2) is 6.66. The molecule has 2 aliphatic rings. The van der Waals surface area contributed by atoms with E-state index >= 15 is 0 Å². The number of aliphatic hydroxyl groups is 1. The number of fused-ring (bicyclic) bond motifs is 1. The van der Waals surface area contributed by atoms with Crippen LogP contribution in [-0.2, 0) is 19.5 Å². The number of primary amides is 1. The molecule has 122 valence electrons. The predicted octanol–water partition coefficient (Wildman–Crippen LogP) is 0.167. The molecule has 3 heterocycles. The van der Waals surface area contributed by atoms with E-state index in [1.54, 1.807) is 11.1 Å². The SMILES string of the molecule is NC(=O)N1CCc2c(cnn2C[C@H](O)CN2CCCCC2)C1. The Hall–Kier alpha value is -1.60. The quantitative estimate of drug-likeness (QED) is 0.830. The van der Waals surface area contributed by atoms with Crippen molar-refractivity contribution >= 4 is 6.03 Å². The smallest absolute Gasteiger partial charge is 0.315 e. The van der Waals surface area contributed by atoms with Crippen molar-refractivity contribution < 1.29 is 9.90 Å². The Labute approximate surface area is 130 Å². The molecule has 1 aromatic heterocycles. The van der Waals surface area contributed by atoms with Crippen molar-refractivity contribution in [3.63, 3.8) is 0 Å². The van der Waals surface area contributed by atoms with Crippen LogP contribution in [0.1, 0.15) is 30.5 Å². The Kier molecular flexibility index (Phi) is 4.63. The molecule has 1 aromatic rings. The maximum Gasteiger partial charge on any atom is 0.315 e. The van der Waals surface area contributed by atoms with E-state index in [4.69, 9.17) is 5.73 Å². The molecule has 2 aliphatic heterocycles. The van der Waals surface area contributed by atoms with E-state index in [-0.39, 0.29) is 6.03 Å². The first-order valence-corrected chi connectivity index (χ1v) is 8.12. The van der Waals surface area contributed by atoms with Gasteiger partial charge in [-0.05, 0) is 25.9 Å². The predicted molar refractivity (Wildman–Crippen MR) is 82.2 cm³/mol. The monoisotopic (exact) mass is 307 g/mol. The molecule has 22 heavy (non-hydrogen) atoms. The topological polar surface area (TPSA) is 87.6 Å². The molecule has 0 saturated carbocycles. The fraction of sp³-hybridized carbons (Fsp3) is 0.733. The molecule has 0 aliphatic carbocycles. The van der Waals surface area contributed by atoms with Gasteiger partial charge >= 0.3 is 6.03 Å². The molecule has 7 nitrogen and oxygen atoms in total. The highest BCUT2D eigenvalue weighted by Crippen LogP contribution is 2.19. The van der Waals surface area contributed by atoms with E-state index in [0.717, 1.165) is 30.8 Å². The zero-order chi connectivity index (χ0) is 15.5. The highest BCUT2D eigenvalue weighted by atomic mass is 16.3. The number of nitrogens with zero attached hydrogens (tertiary/aromatic N) is 4. The Balaban J connectivity index is 1.58. The molecule has 7 heteroatoms. The van der Waals surface area contributed by atoms with Crippen LogP contribution in [0.3, 0.4) is 0 Å². The third-order valence-electron chi connectivity index (χ3n) is 4.63. The van der Waals surface area contributed by atoms with Gasteiger partial charge in [-0.15, -0.1) is 0 Å². The van der Waals surface area contributed by atoms with Gasteiger partial charge < -0.3 is 20.6 Å². The summed E-state index contributed by atoms with van der Waals surface area (Å²) in [6.45, 7) is 4.54. The molecular formula is C15H25N5O2. The minimum absolute atomic E-state index is 0.386. The van der Waals surface area contributed by atoms with Crippen LogP contribution in [0.15, 0.2) is 6.20 Å².